The van der Waals surface area contributed by atoms with Gasteiger partial charge in [0.15, 0.2) is 0 Å². The fourth-order valence-electron chi connectivity index (χ4n) is 1.94. The standard InChI is InChI=1S/C12H14ClNO3/c13-10-5-3-8(11(7-10)14(16)17)4-6-12(15)9-1-2-9/h3,5,7,9,12,15H,1-2,4,6H2. The third-order valence-electron chi connectivity index (χ3n) is 3.12. The molecule has 1 fully saturated rings. The second-order valence-corrected chi connectivity index (χ2v) is 4.91. The Morgan fingerprint density at radius 2 is 2.24 bits per heavy atom. The first-order valence-electron chi connectivity index (χ1n) is 5.69. The Morgan fingerprint density at radius 1 is 1.53 bits per heavy atom. The average Bonchev–Trinajstić information content (AvgIpc) is 3.10. The highest BCUT2D eigenvalue weighted by Gasteiger charge is 2.29. The molecule has 1 saturated carbocycles. The summed E-state index contributed by atoms with van der Waals surface area (Å²) in [5, 5.41) is 21.0. The lowest BCUT2D eigenvalue weighted by Gasteiger charge is -2.09. The van der Waals surface area contributed by atoms with Crippen LogP contribution in [-0.4, -0.2) is 16.1 Å². The Kier molecular flexibility index (Phi) is 3.64. The van der Waals surface area contributed by atoms with Crippen molar-refractivity contribution in [2.24, 2.45) is 5.92 Å². The van der Waals surface area contributed by atoms with E-state index in [2.05, 4.69) is 0 Å². The zero-order valence-electron chi connectivity index (χ0n) is 9.30. The topological polar surface area (TPSA) is 63.4 Å². The molecule has 92 valence electrons. The van der Waals surface area contributed by atoms with Crippen LogP contribution in [0.5, 0.6) is 0 Å². The highest BCUT2D eigenvalue weighted by atomic mass is 35.5. The maximum absolute atomic E-state index is 10.8. The van der Waals surface area contributed by atoms with Crippen LogP contribution in [0.25, 0.3) is 0 Å². The van der Waals surface area contributed by atoms with Crippen molar-refractivity contribution in [2.75, 3.05) is 0 Å². The number of halogens is 1. The molecular weight excluding hydrogens is 242 g/mol. The van der Waals surface area contributed by atoms with Gasteiger partial charge in [0.25, 0.3) is 5.69 Å². The lowest BCUT2D eigenvalue weighted by atomic mass is 10.0. The molecule has 1 N–H and O–H groups in total. The normalized spacial score (nSPS) is 16.8. The number of hydrogen-bond acceptors (Lipinski definition) is 3. The maximum atomic E-state index is 10.8. The van der Waals surface area contributed by atoms with Crippen molar-refractivity contribution in [1.29, 1.82) is 0 Å². The van der Waals surface area contributed by atoms with Crippen LogP contribution in [0, 0.1) is 16.0 Å². The predicted molar refractivity (Wildman–Crippen MR) is 65.2 cm³/mol. The number of aryl methyl sites for hydroxylation is 1. The minimum Gasteiger partial charge on any atom is -0.393 e. The summed E-state index contributed by atoms with van der Waals surface area (Å²) in [5.74, 6) is 0.404. The summed E-state index contributed by atoms with van der Waals surface area (Å²) in [7, 11) is 0. The van der Waals surface area contributed by atoms with E-state index in [0.717, 1.165) is 12.8 Å². The number of nitro benzene ring substituents is 1. The van der Waals surface area contributed by atoms with Gasteiger partial charge in [-0.3, -0.25) is 10.1 Å². The van der Waals surface area contributed by atoms with E-state index in [9.17, 15) is 15.2 Å². The van der Waals surface area contributed by atoms with Gasteiger partial charge in [-0.2, -0.15) is 0 Å². The van der Waals surface area contributed by atoms with Crippen LogP contribution in [0.1, 0.15) is 24.8 Å². The zero-order valence-corrected chi connectivity index (χ0v) is 10.1. The summed E-state index contributed by atoms with van der Waals surface area (Å²) in [6.07, 6.45) is 2.91. The summed E-state index contributed by atoms with van der Waals surface area (Å²) in [6.45, 7) is 0. The smallest absolute Gasteiger partial charge is 0.274 e. The molecule has 1 aliphatic carbocycles. The molecule has 0 amide bonds. The van der Waals surface area contributed by atoms with Crippen molar-refractivity contribution in [2.45, 2.75) is 31.8 Å². The molecule has 0 aromatic heterocycles. The molecule has 17 heavy (non-hydrogen) atoms. The number of rotatable bonds is 5. The van der Waals surface area contributed by atoms with E-state index < -0.39 is 4.92 Å². The fourth-order valence-corrected chi connectivity index (χ4v) is 2.10. The van der Waals surface area contributed by atoms with Crippen molar-refractivity contribution in [3.63, 3.8) is 0 Å². The number of nitrogens with zero attached hydrogens (tertiary/aromatic N) is 1. The third kappa shape index (κ3) is 3.17. The number of aliphatic hydroxyl groups excluding tert-OH is 1. The highest BCUT2D eigenvalue weighted by molar-refractivity contribution is 6.30. The first-order valence-corrected chi connectivity index (χ1v) is 6.06. The van der Waals surface area contributed by atoms with Crippen LogP contribution in [0.2, 0.25) is 5.02 Å². The molecule has 0 spiro atoms. The molecule has 1 aromatic carbocycles. The third-order valence-corrected chi connectivity index (χ3v) is 3.35. The van der Waals surface area contributed by atoms with E-state index in [0.29, 0.717) is 29.3 Å². The first-order chi connectivity index (χ1) is 8.08. The quantitative estimate of drug-likeness (QED) is 0.650. The summed E-state index contributed by atoms with van der Waals surface area (Å²) in [5.41, 5.74) is 0.680. The largest absolute Gasteiger partial charge is 0.393 e. The number of benzene rings is 1. The Morgan fingerprint density at radius 3 is 2.82 bits per heavy atom. The Bertz CT molecular complexity index is 432. The fraction of sp³-hybridized carbons (Fsp3) is 0.500. The van der Waals surface area contributed by atoms with Gasteiger partial charge in [0.05, 0.1) is 11.0 Å². The van der Waals surface area contributed by atoms with Crippen molar-refractivity contribution >= 4 is 17.3 Å². The molecule has 0 heterocycles. The molecule has 1 unspecified atom stereocenters. The lowest BCUT2D eigenvalue weighted by molar-refractivity contribution is -0.385. The Hall–Kier alpha value is -1.13. The van der Waals surface area contributed by atoms with Gasteiger partial charge in [-0.1, -0.05) is 17.7 Å². The minimum atomic E-state index is -0.426. The average molecular weight is 256 g/mol. The highest BCUT2D eigenvalue weighted by Crippen LogP contribution is 2.35. The van der Waals surface area contributed by atoms with Gasteiger partial charge in [-0.05, 0) is 37.7 Å². The van der Waals surface area contributed by atoms with E-state index in [1.807, 2.05) is 0 Å². The number of nitro groups is 1. The van der Waals surface area contributed by atoms with Crippen molar-refractivity contribution in [3.8, 4) is 0 Å². The Labute approximate surface area is 104 Å². The summed E-state index contributed by atoms with van der Waals surface area (Å²) >= 11 is 5.73. The summed E-state index contributed by atoms with van der Waals surface area (Å²) < 4.78 is 0. The van der Waals surface area contributed by atoms with E-state index in [1.165, 1.54) is 6.07 Å². The second-order valence-electron chi connectivity index (χ2n) is 4.47. The van der Waals surface area contributed by atoms with E-state index in [-0.39, 0.29) is 11.8 Å². The lowest BCUT2D eigenvalue weighted by Crippen LogP contribution is -2.10. The van der Waals surface area contributed by atoms with Crippen LogP contribution in [0.3, 0.4) is 0 Å². The van der Waals surface area contributed by atoms with Gasteiger partial charge in [0.1, 0.15) is 0 Å². The van der Waals surface area contributed by atoms with E-state index >= 15 is 0 Å². The SMILES string of the molecule is O=[N+]([O-])c1cc(Cl)ccc1CCC(O)C1CC1. The molecule has 0 saturated heterocycles. The van der Waals surface area contributed by atoms with Gasteiger partial charge >= 0.3 is 0 Å². The summed E-state index contributed by atoms with van der Waals surface area (Å²) in [6, 6.07) is 4.67. The van der Waals surface area contributed by atoms with Gasteiger partial charge in [0.2, 0.25) is 0 Å². The zero-order chi connectivity index (χ0) is 12.4. The molecule has 0 aliphatic heterocycles. The van der Waals surface area contributed by atoms with Gasteiger partial charge in [0, 0.05) is 16.7 Å². The van der Waals surface area contributed by atoms with Gasteiger partial charge in [-0.15, -0.1) is 0 Å². The van der Waals surface area contributed by atoms with Gasteiger partial charge in [-0.25, -0.2) is 0 Å². The predicted octanol–water partition coefficient (Wildman–Crippen LogP) is 2.95. The van der Waals surface area contributed by atoms with Crippen LogP contribution < -0.4 is 0 Å². The second kappa shape index (κ2) is 5.02. The van der Waals surface area contributed by atoms with Crippen molar-refractivity contribution in [3.05, 3.63) is 38.9 Å². The van der Waals surface area contributed by atoms with Crippen LogP contribution in [0.15, 0.2) is 18.2 Å². The molecule has 0 radical (unpaired) electrons. The molecule has 5 heteroatoms. The van der Waals surface area contributed by atoms with Crippen LogP contribution >= 0.6 is 11.6 Å². The Balaban J connectivity index is 2.06. The number of aliphatic hydroxyl groups is 1. The van der Waals surface area contributed by atoms with Gasteiger partial charge < -0.3 is 5.11 Å². The monoisotopic (exact) mass is 255 g/mol. The van der Waals surface area contributed by atoms with Crippen molar-refractivity contribution in [1.82, 2.24) is 0 Å². The molecule has 1 atom stereocenters. The molecule has 0 bridgehead atoms. The van der Waals surface area contributed by atoms with Crippen LogP contribution in [0.4, 0.5) is 5.69 Å². The van der Waals surface area contributed by atoms with Crippen LogP contribution in [-0.2, 0) is 6.42 Å². The van der Waals surface area contributed by atoms with Crippen molar-refractivity contribution < 1.29 is 10.0 Å². The number of hydrogen-bond donors (Lipinski definition) is 1. The minimum absolute atomic E-state index is 0.0421. The molecule has 1 aliphatic rings. The maximum Gasteiger partial charge on any atom is 0.274 e. The molecule has 2 rings (SSSR count). The summed E-state index contributed by atoms with van der Waals surface area (Å²) in [4.78, 5) is 10.4. The van der Waals surface area contributed by atoms with E-state index in [4.69, 9.17) is 11.6 Å². The molecule has 1 aromatic rings. The first kappa shape index (κ1) is 12.3. The molecule has 4 nitrogen and oxygen atoms in total. The molecular formula is C12H14ClNO3. The van der Waals surface area contributed by atoms with E-state index in [1.54, 1.807) is 12.1 Å².